The maximum Gasteiger partial charge on any atom is 0.177 e. The zero-order chi connectivity index (χ0) is 23.8. The molecule has 10 nitrogen and oxygen atoms in total. The number of nitrogens with zero attached hydrogens (tertiary/aromatic N) is 9. The molecule has 0 bridgehead atoms. The molecule has 6 rings (SSSR count). The maximum absolute atomic E-state index is 6.09. The maximum atomic E-state index is 6.09. The SMILES string of the molecule is CN1CC=C(c2ccc(N3CCOC(Cc4nnc5ccc(-c6cnn(C)c6)nn45)C3)nc2)CC1. The summed E-state index contributed by atoms with van der Waals surface area (Å²) in [5.41, 5.74) is 5.12. The van der Waals surface area contributed by atoms with Gasteiger partial charge in [0.2, 0.25) is 0 Å². The molecule has 1 saturated heterocycles. The van der Waals surface area contributed by atoms with E-state index in [-0.39, 0.29) is 6.10 Å². The summed E-state index contributed by atoms with van der Waals surface area (Å²) in [6, 6.07) is 8.21. The van der Waals surface area contributed by atoms with Crippen LogP contribution in [0, 0.1) is 0 Å². The van der Waals surface area contributed by atoms with Crippen molar-refractivity contribution < 1.29 is 4.74 Å². The molecule has 1 atom stereocenters. The van der Waals surface area contributed by atoms with Gasteiger partial charge in [-0.3, -0.25) is 4.68 Å². The Morgan fingerprint density at radius 2 is 1.97 bits per heavy atom. The fraction of sp³-hybridized carbons (Fsp3) is 0.400. The summed E-state index contributed by atoms with van der Waals surface area (Å²) in [5.74, 6) is 1.77. The standard InChI is InChI=1S/C25H29N9O/c1-31-9-7-18(8-10-31)19-3-5-23(26-14-19)33-11-12-35-21(17-33)13-25-29-28-24-6-4-22(30-34(24)25)20-15-27-32(2)16-20/h3-7,14-16,21H,8-13,17H2,1-2H3. The monoisotopic (exact) mass is 471 g/mol. The Kier molecular flexibility index (Phi) is 5.75. The second-order valence-corrected chi connectivity index (χ2v) is 9.30. The summed E-state index contributed by atoms with van der Waals surface area (Å²) >= 11 is 0. The average molecular weight is 472 g/mol. The molecule has 0 spiro atoms. The second-order valence-electron chi connectivity index (χ2n) is 9.30. The number of anilines is 1. The normalized spacial score (nSPS) is 19.3. The first-order chi connectivity index (χ1) is 17.1. The van der Waals surface area contributed by atoms with Gasteiger partial charge in [-0.2, -0.15) is 14.7 Å². The van der Waals surface area contributed by atoms with E-state index in [0.717, 1.165) is 61.1 Å². The predicted octanol–water partition coefficient (Wildman–Crippen LogP) is 2.09. The van der Waals surface area contributed by atoms with Crippen LogP contribution in [0.3, 0.4) is 0 Å². The van der Waals surface area contributed by atoms with E-state index >= 15 is 0 Å². The van der Waals surface area contributed by atoms with Crippen molar-refractivity contribution in [2.24, 2.45) is 7.05 Å². The third kappa shape index (κ3) is 4.54. The van der Waals surface area contributed by atoms with Gasteiger partial charge in [-0.15, -0.1) is 10.2 Å². The second kappa shape index (κ2) is 9.20. The molecule has 4 aromatic rings. The Hall–Kier alpha value is -3.63. The fourth-order valence-corrected chi connectivity index (χ4v) is 4.72. The minimum Gasteiger partial charge on any atom is -0.374 e. The van der Waals surface area contributed by atoms with Crippen molar-refractivity contribution in [1.29, 1.82) is 0 Å². The van der Waals surface area contributed by atoms with E-state index in [4.69, 9.17) is 14.8 Å². The highest BCUT2D eigenvalue weighted by atomic mass is 16.5. The molecule has 6 heterocycles. The number of hydrogen-bond donors (Lipinski definition) is 0. The van der Waals surface area contributed by atoms with Crippen molar-refractivity contribution >= 4 is 17.0 Å². The topological polar surface area (TPSA) is 89.5 Å². The molecule has 0 amide bonds. The molecule has 1 fully saturated rings. The highest BCUT2D eigenvalue weighted by Crippen LogP contribution is 2.24. The lowest BCUT2D eigenvalue weighted by Gasteiger charge is -2.33. The predicted molar refractivity (Wildman–Crippen MR) is 133 cm³/mol. The minimum atomic E-state index is -0.0157. The molecule has 1 unspecified atom stereocenters. The van der Waals surface area contributed by atoms with E-state index in [1.165, 1.54) is 11.1 Å². The van der Waals surface area contributed by atoms with Crippen LogP contribution in [-0.4, -0.2) is 85.4 Å². The van der Waals surface area contributed by atoms with E-state index in [1.54, 1.807) is 4.68 Å². The van der Waals surface area contributed by atoms with Crippen LogP contribution < -0.4 is 4.90 Å². The van der Waals surface area contributed by atoms with Crippen LogP contribution in [0.4, 0.5) is 5.82 Å². The van der Waals surface area contributed by atoms with Crippen LogP contribution in [0.15, 0.2) is 48.9 Å². The average Bonchev–Trinajstić information content (AvgIpc) is 3.51. The first kappa shape index (κ1) is 21.9. The van der Waals surface area contributed by atoms with Gasteiger partial charge in [-0.25, -0.2) is 4.98 Å². The molecule has 0 radical (unpaired) electrons. The van der Waals surface area contributed by atoms with E-state index < -0.39 is 0 Å². The van der Waals surface area contributed by atoms with E-state index in [2.05, 4.69) is 50.4 Å². The first-order valence-corrected chi connectivity index (χ1v) is 12.0. The van der Waals surface area contributed by atoms with Crippen LogP contribution in [0.2, 0.25) is 0 Å². The van der Waals surface area contributed by atoms with Crippen molar-refractivity contribution in [3.63, 3.8) is 0 Å². The number of pyridine rings is 1. The third-order valence-electron chi connectivity index (χ3n) is 6.73. The molecule has 2 aliphatic heterocycles. The lowest BCUT2D eigenvalue weighted by atomic mass is 10.0. The molecule has 0 N–H and O–H groups in total. The summed E-state index contributed by atoms with van der Waals surface area (Å²) in [6.07, 6.45) is 9.75. The number of rotatable bonds is 5. The van der Waals surface area contributed by atoms with Gasteiger partial charge in [0.1, 0.15) is 5.82 Å². The Morgan fingerprint density at radius 1 is 1.03 bits per heavy atom. The summed E-state index contributed by atoms with van der Waals surface area (Å²) in [5, 5.41) is 17.7. The van der Waals surface area contributed by atoms with Gasteiger partial charge in [0, 0.05) is 57.6 Å². The summed E-state index contributed by atoms with van der Waals surface area (Å²) < 4.78 is 9.67. The zero-order valence-electron chi connectivity index (χ0n) is 20.1. The van der Waals surface area contributed by atoms with Crippen molar-refractivity contribution in [3.05, 3.63) is 60.3 Å². The van der Waals surface area contributed by atoms with Crippen molar-refractivity contribution in [1.82, 2.24) is 39.5 Å². The Morgan fingerprint density at radius 3 is 2.74 bits per heavy atom. The van der Waals surface area contributed by atoms with Crippen molar-refractivity contribution in [3.8, 4) is 11.3 Å². The molecule has 10 heteroatoms. The summed E-state index contributed by atoms with van der Waals surface area (Å²) in [7, 11) is 4.05. The number of likely N-dealkylation sites (N-methyl/N-ethyl adjacent to an activating group) is 1. The number of hydrogen-bond acceptors (Lipinski definition) is 8. The molecular formula is C25H29N9O. The largest absolute Gasteiger partial charge is 0.374 e. The lowest BCUT2D eigenvalue weighted by Crippen LogP contribution is -2.44. The third-order valence-corrected chi connectivity index (χ3v) is 6.73. The molecular weight excluding hydrogens is 442 g/mol. The molecule has 0 aromatic carbocycles. The van der Waals surface area contributed by atoms with Crippen LogP contribution in [-0.2, 0) is 18.2 Å². The lowest BCUT2D eigenvalue weighted by molar-refractivity contribution is 0.0392. The number of fused-ring (bicyclic) bond motifs is 1. The van der Waals surface area contributed by atoms with E-state index in [9.17, 15) is 0 Å². The molecule has 0 saturated carbocycles. The molecule has 35 heavy (non-hydrogen) atoms. The number of aryl methyl sites for hydroxylation is 1. The smallest absolute Gasteiger partial charge is 0.177 e. The molecule has 0 aliphatic carbocycles. The molecule has 180 valence electrons. The van der Waals surface area contributed by atoms with Crippen LogP contribution in [0.25, 0.3) is 22.5 Å². The van der Waals surface area contributed by atoms with Gasteiger partial charge in [0.25, 0.3) is 0 Å². The molecule has 2 aliphatic rings. The van der Waals surface area contributed by atoms with Gasteiger partial charge in [0.15, 0.2) is 11.5 Å². The number of morpholine rings is 1. The van der Waals surface area contributed by atoms with Gasteiger partial charge in [0.05, 0.1) is 24.6 Å². The van der Waals surface area contributed by atoms with Gasteiger partial charge in [-0.05, 0) is 48.9 Å². The molecule has 4 aromatic heterocycles. The summed E-state index contributed by atoms with van der Waals surface area (Å²) in [6.45, 7) is 4.31. The zero-order valence-corrected chi connectivity index (χ0v) is 20.1. The van der Waals surface area contributed by atoms with Crippen LogP contribution >= 0.6 is 0 Å². The first-order valence-electron chi connectivity index (χ1n) is 12.0. The Bertz CT molecular complexity index is 1360. The van der Waals surface area contributed by atoms with Crippen LogP contribution in [0.1, 0.15) is 17.8 Å². The Balaban J connectivity index is 1.16. The van der Waals surface area contributed by atoms with E-state index in [0.29, 0.717) is 13.0 Å². The van der Waals surface area contributed by atoms with Crippen molar-refractivity contribution in [2.75, 3.05) is 44.7 Å². The van der Waals surface area contributed by atoms with Gasteiger partial charge >= 0.3 is 0 Å². The number of ether oxygens (including phenoxy) is 1. The van der Waals surface area contributed by atoms with E-state index in [1.807, 2.05) is 42.3 Å². The highest BCUT2D eigenvalue weighted by molar-refractivity contribution is 5.67. The summed E-state index contributed by atoms with van der Waals surface area (Å²) in [4.78, 5) is 9.40. The van der Waals surface area contributed by atoms with Gasteiger partial charge in [-0.1, -0.05) is 6.08 Å². The minimum absolute atomic E-state index is 0.0157. The highest BCUT2D eigenvalue weighted by Gasteiger charge is 2.24. The van der Waals surface area contributed by atoms with Crippen molar-refractivity contribution in [2.45, 2.75) is 18.9 Å². The quantitative estimate of drug-likeness (QED) is 0.437. The van der Waals surface area contributed by atoms with Gasteiger partial charge < -0.3 is 14.5 Å². The number of aromatic nitrogens is 7. The van der Waals surface area contributed by atoms with Crippen LogP contribution in [0.5, 0.6) is 0 Å². The Labute approximate surface area is 203 Å². The fourth-order valence-electron chi connectivity index (χ4n) is 4.72.